The molecule has 0 bridgehead atoms. The van der Waals surface area contributed by atoms with E-state index in [9.17, 15) is 9.90 Å². The number of fused-ring (bicyclic) bond motifs is 1. The topological polar surface area (TPSA) is 94.7 Å². The molecule has 3 aromatic rings. The molecule has 2 aromatic carbocycles. The first-order valence-electron chi connectivity index (χ1n) is 8.02. The van der Waals surface area contributed by atoms with Crippen LogP contribution in [0.15, 0.2) is 59.8 Å². The van der Waals surface area contributed by atoms with Crippen LogP contribution in [0, 0.1) is 0 Å². The zero-order valence-electron chi connectivity index (χ0n) is 13.7. The highest BCUT2D eigenvalue weighted by atomic mass is 16.4. The van der Waals surface area contributed by atoms with E-state index in [-0.39, 0.29) is 0 Å². The molecule has 128 valence electrons. The molecule has 0 aliphatic heterocycles. The highest BCUT2D eigenvalue weighted by Gasteiger charge is 2.13. The van der Waals surface area contributed by atoms with Crippen molar-refractivity contribution in [1.29, 1.82) is 0 Å². The maximum Gasteiger partial charge on any atom is 0.407 e. The molecule has 6 heteroatoms. The van der Waals surface area contributed by atoms with E-state index < -0.39 is 6.09 Å². The fraction of sp³-hybridized carbons (Fsp3) is 0.158. The van der Waals surface area contributed by atoms with Crippen molar-refractivity contribution in [2.75, 3.05) is 6.54 Å². The number of benzene rings is 2. The summed E-state index contributed by atoms with van der Waals surface area (Å²) in [6.45, 7) is 0.802. The van der Waals surface area contributed by atoms with Crippen molar-refractivity contribution in [2.45, 2.75) is 13.0 Å². The molecule has 0 saturated heterocycles. The summed E-state index contributed by atoms with van der Waals surface area (Å²) in [4.78, 5) is 16.2. The number of hydrogen-bond acceptors (Lipinski definition) is 3. The summed E-state index contributed by atoms with van der Waals surface area (Å²) < 4.78 is 0. The van der Waals surface area contributed by atoms with Crippen LogP contribution in [0.25, 0.3) is 10.9 Å². The zero-order chi connectivity index (χ0) is 17.6. The number of carboxylic acid groups (broad SMARTS) is 1. The van der Waals surface area contributed by atoms with Crippen LogP contribution >= 0.6 is 0 Å². The van der Waals surface area contributed by atoms with Crippen LogP contribution in [-0.2, 0) is 13.0 Å². The van der Waals surface area contributed by atoms with E-state index in [4.69, 9.17) is 5.84 Å². The van der Waals surface area contributed by atoms with Gasteiger partial charge in [-0.15, -0.1) is 0 Å². The van der Waals surface area contributed by atoms with Crippen LogP contribution in [0.4, 0.5) is 4.79 Å². The highest BCUT2D eigenvalue weighted by Crippen LogP contribution is 2.20. The molecule has 25 heavy (non-hydrogen) atoms. The Hall–Kier alpha value is -3.28. The summed E-state index contributed by atoms with van der Waals surface area (Å²) in [6, 6.07) is 15.5. The number of aromatic amines is 1. The molecule has 4 N–H and O–H groups in total. The second kappa shape index (κ2) is 7.53. The van der Waals surface area contributed by atoms with Gasteiger partial charge in [-0.05, 0) is 35.2 Å². The Morgan fingerprint density at radius 3 is 2.76 bits per heavy atom. The Kier molecular flexibility index (Phi) is 4.99. The lowest BCUT2D eigenvalue weighted by Gasteiger charge is -2.19. The van der Waals surface area contributed by atoms with E-state index in [1.807, 2.05) is 54.7 Å². The molecule has 0 fully saturated rings. The lowest BCUT2D eigenvalue weighted by atomic mass is 10.1. The first-order valence-corrected chi connectivity index (χ1v) is 8.02. The number of aromatic nitrogens is 1. The number of carbonyl (C=O) groups is 1. The molecule has 1 amide bonds. The number of hydrogen-bond donors (Lipinski definition) is 3. The minimum absolute atomic E-state index is 0.379. The van der Waals surface area contributed by atoms with Gasteiger partial charge >= 0.3 is 6.09 Å². The van der Waals surface area contributed by atoms with Gasteiger partial charge in [-0.25, -0.2) is 4.79 Å². The van der Waals surface area contributed by atoms with Gasteiger partial charge in [0.05, 0.1) is 6.21 Å². The normalized spacial score (nSPS) is 11.2. The zero-order valence-corrected chi connectivity index (χ0v) is 13.7. The summed E-state index contributed by atoms with van der Waals surface area (Å²) >= 11 is 0. The molecular weight excluding hydrogens is 316 g/mol. The van der Waals surface area contributed by atoms with Gasteiger partial charge in [0.15, 0.2) is 0 Å². The molecule has 0 atom stereocenters. The van der Waals surface area contributed by atoms with E-state index >= 15 is 0 Å². The number of nitrogens with zero attached hydrogens (tertiary/aromatic N) is 2. The number of H-pyrrole nitrogens is 1. The first-order chi connectivity index (χ1) is 12.2. The quantitative estimate of drug-likeness (QED) is 0.366. The van der Waals surface area contributed by atoms with E-state index in [1.165, 1.54) is 4.90 Å². The number of rotatable bonds is 6. The van der Waals surface area contributed by atoms with Gasteiger partial charge in [0.2, 0.25) is 0 Å². The van der Waals surface area contributed by atoms with Gasteiger partial charge in [0.1, 0.15) is 0 Å². The van der Waals surface area contributed by atoms with Gasteiger partial charge in [0, 0.05) is 30.2 Å². The van der Waals surface area contributed by atoms with Crippen molar-refractivity contribution in [1.82, 2.24) is 9.88 Å². The number of hydrazone groups is 1. The molecule has 0 unspecified atom stereocenters. The van der Waals surface area contributed by atoms with E-state index in [2.05, 4.69) is 10.1 Å². The van der Waals surface area contributed by atoms with Crippen molar-refractivity contribution >= 4 is 23.2 Å². The summed E-state index contributed by atoms with van der Waals surface area (Å²) in [5.74, 6) is 5.21. The molecule has 0 aliphatic carbocycles. The van der Waals surface area contributed by atoms with Crippen molar-refractivity contribution in [3.8, 4) is 0 Å². The van der Waals surface area contributed by atoms with Crippen LogP contribution in [-0.4, -0.2) is 33.8 Å². The number of nitrogens with one attached hydrogen (secondary N) is 1. The second-order valence-electron chi connectivity index (χ2n) is 5.84. The Bertz CT molecular complexity index is 887. The van der Waals surface area contributed by atoms with Gasteiger partial charge < -0.3 is 20.8 Å². The SMILES string of the molecule is NN=Cc1ccc2[nH]cc(CCN(Cc3ccccc3)C(=O)O)c2c1. The van der Waals surface area contributed by atoms with E-state index in [1.54, 1.807) is 6.21 Å². The largest absolute Gasteiger partial charge is 0.465 e. The fourth-order valence-electron chi connectivity index (χ4n) is 2.87. The molecule has 0 saturated carbocycles. The molecular formula is C19H20N4O2. The minimum Gasteiger partial charge on any atom is -0.465 e. The molecule has 0 radical (unpaired) electrons. The summed E-state index contributed by atoms with van der Waals surface area (Å²) in [5, 5.41) is 14.1. The van der Waals surface area contributed by atoms with Crippen molar-refractivity contribution in [2.24, 2.45) is 10.9 Å². The molecule has 1 heterocycles. The third-order valence-corrected chi connectivity index (χ3v) is 4.15. The summed E-state index contributed by atoms with van der Waals surface area (Å²) in [5.41, 5.74) is 3.97. The lowest BCUT2D eigenvalue weighted by Crippen LogP contribution is -2.30. The molecule has 0 spiro atoms. The predicted octanol–water partition coefficient (Wildman–Crippen LogP) is 3.18. The maximum absolute atomic E-state index is 11.6. The van der Waals surface area contributed by atoms with Gasteiger partial charge in [-0.1, -0.05) is 36.4 Å². The van der Waals surface area contributed by atoms with Gasteiger partial charge in [-0.3, -0.25) is 0 Å². The monoisotopic (exact) mass is 336 g/mol. The molecule has 0 aliphatic rings. The van der Waals surface area contributed by atoms with Crippen LogP contribution in [0.5, 0.6) is 0 Å². The highest BCUT2D eigenvalue weighted by molar-refractivity contribution is 5.90. The summed E-state index contributed by atoms with van der Waals surface area (Å²) in [7, 11) is 0. The minimum atomic E-state index is -0.917. The Morgan fingerprint density at radius 1 is 1.24 bits per heavy atom. The third-order valence-electron chi connectivity index (χ3n) is 4.15. The number of nitrogens with two attached hydrogens (primary N) is 1. The Balaban J connectivity index is 1.75. The van der Waals surface area contributed by atoms with Crippen LogP contribution in [0.1, 0.15) is 16.7 Å². The van der Waals surface area contributed by atoms with E-state index in [0.29, 0.717) is 19.5 Å². The average Bonchev–Trinajstić information content (AvgIpc) is 3.02. The summed E-state index contributed by atoms with van der Waals surface area (Å²) in [6.07, 6.45) is 3.23. The smallest absolute Gasteiger partial charge is 0.407 e. The van der Waals surface area contributed by atoms with Crippen LogP contribution < -0.4 is 5.84 Å². The van der Waals surface area contributed by atoms with Crippen molar-refractivity contribution < 1.29 is 9.90 Å². The van der Waals surface area contributed by atoms with E-state index in [0.717, 1.165) is 27.6 Å². The lowest BCUT2D eigenvalue weighted by molar-refractivity contribution is 0.143. The van der Waals surface area contributed by atoms with Crippen molar-refractivity contribution in [3.63, 3.8) is 0 Å². The predicted molar refractivity (Wildman–Crippen MR) is 98.7 cm³/mol. The Morgan fingerprint density at radius 2 is 2.04 bits per heavy atom. The number of amides is 1. The second-order valence-corrected chi connectivity index (χ2v) is 5.84. The average molecular weight is 336 g/mol. The van der Waals surface area contributed by atoms with Crippen molar-refractivity contribution in [3.05, 3.63) is 71.4 Å². The van der Waals surface area contributed by atoms with Crippen LogP contribution in [0.3, 0.4) is 0 Å². The molecule has 1 aromatic heterocycles. The maximum atomic E-state index is 11.6. The Labute approximate surface area is 145 Å². The van der Waals surface area contributed by atoms with Gasteiger partial charge in [-0.2, -0.15) is 5.10 Å². The van der Waals surface area contributed by atoms with Crippen LogP contribution in [0.2, 0.25) is 0 Å². The first kappa shape index (κ1) is 16.6. The standard InChI is InChI=1S/C19H20N4O2/c20-22-11-15-6-7-18-17(10-15)16(12-21-18)8-9-23(19(24)25)13-14-4-2-1-3-5-14/h1-7,10-12,21H,8-9,13,20H2,(H,24,25). The van der Waals surface area contributed by atoms with Gasteiger partial charge in [0.25, 0.3) is 0 Å². The molecule has 6 nitrogen and oxygen atoms in total. The molecule has 3 rings (SSSR count). The third kappa shape index (κ3) is 3.98. The fourth-order valence-corrected chi connectivity index (χ4v) is 2.87.